The maximum Gasteiger partial charge on any atom is 0.270 e. The number of nitrogens with zero attached hydrogens (tertiary/aromatic N) is 2. The van der Waals surface area contributed by atoms with Gasteiger partial charge < -0.3 is 19.5 Å². The van der Waals surface area contributed by atoms with Crippen LogP contribution in [0.4, 0.5) is 0 Å². The molecule has 1 aromatic carbocycles. The Balaban J connectivity index is 1.39. The van der Waals surface area contributed by atoms with Gasteiger partial charge >= 0.3 is 0 Å². The molecule has 1 aromatic heterocycles. The molecule has 5 heteroatoms. The van der Waals surface area contributed by atoms with Crippen molar-refractivity contribution in [2.24, 2.45) is 17.8 Å². The molecule has 1 N–H and O–H groups in total. The van der Waals surface area contributed by atoms with Crippen LogP contribution in [-0.4, -0.2) is 48.2 Å². The van der Waals surface area contributed by atoms with Crippen molar-refractivity contribution in [1.82, 2.24) is 14.8 Å². The molecule has 0 spiro atoms. The minimum atomic E-state index is 0.174. The number of nitrogens with one attached hydrogen (secondary N) is 1. The average molecular weight is 434 g/mol. The molecule has 2 fully saturated rings. The highest BCUT2D eigenvalue weighted by atomic mass is 16.5. The van der Waals surface area contributed by atoms with Gasteiger partial charge in [0.1, 0.15) is 11.4 Å². The van der Waals surface area contributed by atoms with E-state index in [0.717, 1.165) is 49.5 Å². The molecule has 5 rings (SSSR count). The normalized spacial score (nSPS) is 22.1. The molecular weight excluding hydrogens is 398 g/mol. The maximum absolute atomic E-state index is 13.7. The third kappa shape index (κ3) is 4.36. The molecule has 0 radical (unpaired) electrons. The van der Waals surface area contributed by atoms with Crippen molar-refractivity contribution >= 4 is 18.1 Å². The molecule has 2 atom stereocenters. The lowest BCUT2D eigenvalue weighted by atomic mass is 9.96. The van der Waals surface area contributed by atoms with Crippen LogP contribution in [0.1, 0.15) is 49.2 Å². The van der Waals surface area contributed by atoms with Crippen LogP contribution in [0.3, 0.4) is 0 Å². The second-order valence-electron chi connectivity index (χ2n) is 10.0. The second-order valence-corrected chi connectivity index (χ2v) is 10.0. The molecule has 1 aliphatic heterocycles. The summed E-state index contributed by atoms with van der Waals surface area (Å²) < 4.78 is 7.66. The molecule has 32 heavy (non-hydrogen) atoms. The Morgan fingerprint density at radius 3 is 2.69 bits per heavy atom. The fraction of sp³-hybridized carbons (Fsp3) is 0.519. The largest absolute Gasteiger partial charge is 0.497 e. The van der Waals surface area contributed by atoms with Gasteiger partial charge in [-0.25, -0.2) is 0 Å². The summed E-state index contributed by atoms with van der Waals surface area (Å²) >= 11 is 0. The van der Waals surface area contributed by atoms with Crippen LogP contribution >= 0.6 is 0 Å². The lowest BCUT2D eigenvalue weighted by Gasteiger charge is -2.32. The van der Waals surface area contributed by atoms with Gasteiger partial charge in [0.05, 0.1) is 7.11 Å². The number of aromatic nitrogens is 1. The molecule has 1 amide bonds. The number of carbonyl (C=O) groups is 1. The van der Waals surface area contributed by atoms with E-state index in [1.807, 2.05) is 12.1 Å². The summed E-state index contributed by atoms with van der Waals surface area (Å²) in [5.41, 5.74) is 1.98. The number of ether oxygens (including phenoxy) is 1. The molecule has 0 bridgehead atoms. The fourth-order valence-electron chi connectivity index (χ4n) is 5.16. The number of piperidine rings is 1. The lowest BCUT2D eigenvalue weighted by Crippen LogP contribution is -2.42. The van der Waals surface area contributed by atoms with Crippen molar-refractivity contribution in [2.75, 3.05) is 26.7 Å². The molecule has 2 aromatic rings. The first-order valence-electron chi connectivity index (χ1n) is 12.1. The Bertz CT molecular complexity index is 1110. The summed E-state index contributed by atoms with van der Waals surface area (Å²) in [4.78, 5) is 15.7. The predicted molar refractivity (Wildman–Crippen MR) is 128 cm³/mol. The topological polar surface area (TPSA) is 46.5 Å². The summed E-state index contributed by atoms with van der Waals surface area (Å²) in [7, 11) is 1.70. The zero-order valence-electron chi connectivity index (χ0n) is 19.5. The van der Waals surface area contributed by atoms with E-state index in [1.54, 1.807) is 7.11 Å². The van der Waals surface area contributed by atoms with Crippen LogP contribution < -0.4 is 20.6 Å². The summed E-state index contributed by atoms with van der Waals surface area (Å²) in [5, 5.41) is 5.99. The molecule has 1 saturated heterocycles. The Morgan fingerprint density at radius 2 is 1.94 bits per heavy atom. The number of methoxy groups -OCH3 is 1. The van der Waals surface area contributed by atoms with Gasteiger partial charge in [-0.15, -0.1) is 0 Å². The van der Waals surface area contributed by atoms with Gasteiger partial charge in [-0.3, -0.25) is 4.79 Å². The lowest BCUT2D eigenvalue weighted by molar-refractivity contribution is 0.0678. The first kappa shape index (κ1) is 21.3. The number of hydrogen-bond acceptors (Lipinski definition) is 3. The SMILES string of the molecule is COc1cccc(Cn2c(C(=O)N3CCC(CNC(C)C)CC3)cc3c2=CC2CC2C=3)c1. The highest BCUT2D eigenvalue weighted by molar-refractivity contribution is 5.93. The molecule has 2 aliphatic carbocycles. The van der Waals surface area contributed by atoms with Gasteiger partial charge in [0.15, 0.2) is 0 Å². The van der Waals surface area contributed by atoms with Gasteiger partial charge in [-0.2, -0.15) is 0 Å². The van der Waals surface area contributed by atoms with Crippen LogP contribution in [-0.2, 0) is 6.54 Å². The zero-order chi connectivity index (χ0) is 22.2. The van der Waals surface area contributed by atoms with Crippen LogP contribution in [0.15, 0.2) is 30.3 Å². The quantitative estimate of drug-likeness (QED) is 0.730. The summed E-state index contributed by atoms with van der Waals surface area (Å²) in [6, 6.07) is 10.8. The van der Waals surface area contributed by atoms with E-state index in [1.165, 1.54) is 17.0 Å². The zero-order valence-corrected chi connectivity index (χ0v) is 19.5. The van der Waals surface area contributed by atoms with Gasteiger partial charge in [0.25, 0.3) is 5.91 Å². The Morgan fingerprint density at radius 1 is 1.16 bits per heavy atom. The molecule has 2 unspecified atom stereocenters. The van der Waals surface area contributed by atoms with E-state index >= 15 is 0 Å². The van der Waals surface area contributed by atoms with Crippen LogP contribution in [0.2, 0.25) is 0 Å². The Labute approximate surface area is 190 Å². The maximum atomic E-state index is 13.7. The second kappa shape index (κ2) is 8.78. The number of likely N-dealkylation sites (tertiary alicyclic amines) is 1. The molecular formula is C27H35N3O2. The Kier molecular flexibility index (Phi) is 5.85. The summed E-state index contributed by atoms with van der Waals surface area (Å²) in [5.74, 6) is 3.00. The van der Waals surface area contributed by atoms with Crippen molar-refractivity contribution in [3.8, 4) is 5.75 Å². The first-order chi connectivity index (χ1) is 15.5. The van der Waals surface area contributed by atoms with E-state index in [2.05, 4.69) is 59.0 Å². The fourth-order valence-corrected chi connectivity index (χ4v) is 5.16. The first-order valence-corrected chi connectivity index (χ1v) is 12.1. The highest BCUT2D eigenvalue weighted by Crippen LogP contribution is 2.42. The van der Waals surface area contributed by atoms with E-state index in [0.29, 0.717) is 30.3 Å². The third-order valence-electron chi connectivity index (χ3n) is 7.24. The number of carbonyl (C=O) groups excluding carboxylic acids is 1. The predicted octanol–water partition coefficient (Wildman–Crippen LogP) is 2.61. The van der Waals surface area contributed by atoms with E-state index in [-0.39, 0.29) is 5.91 Å². The minimum absolute atomic E-state index is 0.174. The van der Waals surface area contributed by atoms with Crippen molar-refractivity contribution in [3.63, 3.8) is 0 Å². The van der Waals surface area contributed by atoms with Gasteiger partial charge in [-0.05, 0) is 72.5 Å². The number of rotatable bonds is 7. The molecule has 5 nitrogen and oxygen atoms in total. The monoisotopic (exact) mass is 433 g/mol. The number of hydrogen-bond donors (Lipinski definition) is 1. The van der Waals surface area contributed by atoms with Crippen molar-refractivity contribution in [3.05, 3.63) is 52.2 Å². The van der Waals surface area contributed by atoms with Gasteiger partial charge in [0, 0.05) is 31.0 Å². The van der Waals surface area contributed by atoms with Crippen LogP contribution in [0.5, 0.6) is 5.75 Å². The molecule has 1 saturated carbocycles. The molecule has 170 valence electrons. The third-order valence-corrected chi connectivity index (χ3v) is 7.24. The molecule has 2 heterocycles. The Hall–Kier alpha value is -2.53. The van der Waals surface area contributed by atoms with E-state index < -0.39 is 0 Å². The smallest absolute Gasteiger partial charge is 0.270 e. The number of amides is 1. The standard InChI is InChI=1S/C27H35N3O2/c1-18(2)28-16-19-7-9-29(10-8-19)27(31)26-15-23-13-21-12-22(21)14-25(23)30(26)17-20-5-4-6-24(11-20)32-3/h4-6,11,13-15,18-19,21-22,28H,7-10,12,16-17H2,1-3H3. The van der Waals surface area contributed by atoms with Crippen molar-refractivity contribution in [2.45, 2.75) is 45.7 Å². The molecule has 3 aliphatic rings. The van der Waals surface area contributed by atoms with Crippen molar-refractivity contribution in [1.29, 1.82) is 0 Å². The highest BCUT2D eigenvalue weighted by Gasteiger charge is 2.36. The van der Waals surface area contributed by atoms with Crippen molar-refractivity contribution < 1.29 is 9.53 Å². The number of benzene rings is 1. The van der Waals surface area contributed by atoms with Gasteiger partial charge in [-0.1, -0.05) is 38.1 Å². The van der Waals surface area contributed by atoms with E-state index in [9.17, 15) is 4.79 Å². The van der Waals surface area contributed by atoms with Gasteiger partial charge in [0.2, 0.25) is 0 Å². The number of fused-ring (bicyclic) bond motifs is 2. The van der Waals surface area contributed by atoms with Crippen LogP contribution in [0.25, 0.3) is 12.2 Å². The summed E-state index contributed by atoms with van der Waals surface area (Å²) in [6.45, 7) is 7.80. The minimum Gasteiger partial charge on any atom is -0.497 e. The van der Waals surface area contributed by atoms with Crippen LogP contribution in [0, 0.1) is 17.8 Å². The van der Waals surface area contributed by atoms with E-state index in [4.69, 9.17) is 4.74 Å². The summed E-state index contributed by atoms with van der Waals surface area (Å²) in [6.07, 6.45) is 8.16. The average Bonchev–Trinajstić information content (AvgIpc) is 3.49.